The largest absolute Gasteiger partial charge is 0.481 e. The normalized spacial score (nSPS) is 36.0. The zero-order valence-corrected chi connectivity index (χ0v) is 9.90. The molecule has 0 radical (unpaired) electrons. The summed E-state index contributed by atoms with van der Waals surface area (Å²) < 4.78 is 9.99. The van der Waals surface area contributed by atoms with Crippen molar-refractivity contribution < 1.29 is 34.1 Å². The minimum absolute atomic E-state index is 0.921. The molecule has 0 bridgehead atoms. The number of amides is 1. The lowest BCUT2D eigenvalue weighted by molar-refractivity contribution is -0.206. The minimum Gasteiger partial charge on any atom is -0.481 e. The van der Waals surface area contributed by atoms with Gasteiger partial charge in [-0.1, -0.05) is 0 Å². The highest BCUT2D eigenvalue weighted by Gasteiger charge is 2.52. The maximum Gasteiger partial charge on any atom is 0.335 e. The summed E-state index contributed by atoms with van der Waals surface area (Å²) in [6, 6.07) is 0. The predicted molar refractivity (Wildman–Crippen MR) is 56.6 cm³/mol. The number of primary amides is 1. The van der Waals surface area contributed by atoms with Gasteiger partial charge in [0.1, 0.15) is 6.10 Å². The molecule has 4 N–H and O–H groups in total. The fourth-order valence-corrected chi connectivity index (χ4v) is 2.24. The molecule has 8 nitrogen and oxygen atoms in total. The highest BCUT2D eigenvalue weighted by atomic mass is 16.6. The molecule has 0 aromatic heterocycles. The average molecular weight is 261 g/mol. The van der Waals surface area contributed by atoms with Crippen LogP contribution in [-0.4, -0.2) is 53.5 Å². The van der Waals surface area contributed by atoms with Crippen LogP contribution in [0.5, 0.6) is 0 Å². The highest BCUT2D eigenvalue weighted by Crippen LogP contribution is 2.33. The number of nitrogens with two attached hydrogens (primary N) is 1. The van der Waals surface area contributed by atoms with Crippen LogP contribution < -0.4 is 5.73 Å². The lowest BCUT2D eigenvalue weighted by Gasteiger charge is -2.40. The molecule has 0 spiro atoms. The molecule has 1 saturated heterocycles. The zero-order chi connectivity index (χ0) is 14.0. The Balaban J connectivity index is 3.17. The fourth-order valence-electron chi connectivity index (χ4n) is 2.24. The van der Waals surface area contributed by atoms with Gasteiger partial charge in [0.05, 0.1) is 17.9 Å². The molecule has 1 aliphatic heterocycles. The standard InChI is InChI=1S/C10H15NO7/c1-3-4(9(13)14)5(8(11)12)6(17-2)7(18-3)10(15)16/h3-7H,1-2H3,(H2,11,12)(H,13,14)(H,15,16)/t3-,4?,5+,6-,7?/m0/s1. The number of carbonyl (C=O) groups is 3. The second kappa shape index (κ2) is 5.32. The maximum atomic E-state index is 11.4. The van der Waals surface area contributed by atoms with Crippen LogP contribution in [0.15, 0.2) is 0 Å². The minimum atomic E-state index is -1.42. The van der Waals surface area contributed by atoms with Gasteiger partial charge in [0.2, 0.25) is 5.91 Å². The molecule has 1 aliphatic rings. The van der Waals surface area contributed by atoms with Crippen LogP contribution in [0.4, 0.5) is 0 Å². The van der Waals surface area contributed by atoms with Gasteiger partial charge in [0.15, 0.2) is 6.10 Å². The first-order valence-corrected chi connectivity index (χ1v) is 5.24. The quantitative estimate of drug-likeness (QED) is 0.570. The van der Waals surface area contributed by atoms with E-state index in [2.05, 4.69) is 0 Å². The van der Waals surface area contributed by atoms with Gasteiger partial charge in [0.25, 0.3) is 0 Å². The average Bonchev–Trinajstić information content (AvgIpc) is 2.26. The lowest BCUT2D eigenvalue weighted by atomic mass is 9.78. The van der Waals surface area contributed by atoms with Crippen LogP contribution in [0.25, 0.3) is 0 Å². The number of hydrogen-bond donors (Lipinski definition) is 3. The second-order valence-corrected chi connectivity index (χ2v) is 4.09. The zero-order valence-electron chi connectivity index (χ0n) is 9.90. The Kier molecular flexibility index (Phi) is 4.25. The number of carbonyl (C=O) groups excluding carboxylic acids is 1. The summed E-state index contributed by atoms with van der Waals surface area (Å²) >= 11 is 0. The third-order valence-corrected chi connectivity index (χ3v) is 3.04. The summed E-state index contributed by atoms with van der Waals surface area (Å²) in [4.78, 5) is 33.5. The number of ether oxygens (including phenoxy) is 2. The first-order valence-electron chi connectivity index (χ1n) is 5.24. The molecule has 8 heteroatoms. The molecule has 1 heterocycles. The molecule has 0 aromatic carbocycles. The van der Waals surface area contributed by atoms with Gasteiger partial charge in [-0.3, -0.25) is 9.59 Å². The third-order valence-electron chi connectivity index (χ3n) is 3.04. The Hall–Kier alpha value is -1.67. The van der Waals surface area contributed by atoms with Crippen molar-refractivity contribution in [2.75, 3.05) is 7.11 Å². The van der Waals surface area contributed by atoms with Crippen molar-refractivity contribution in [2.24, 2.45) is 17.6 Å². The Labute approximate surface area is 103 Å². The van der Waals surface area contributed by atoms with Crippen molar-refractivity contribution in [3.8, 4) is 0 Å². The van der Waals surface area contributed by atoms with Crippen molar-refractivity contribution >= 4 is 17.8 Å². The third kappa shape index (κ3) is 2.44. The van der Waals surface area contributed by atoms with E-state index >= 15 is 0 Å². The van der Waals surface area contributed by atoms with E-state index in [1.807, 2.05) is 0 Å². The molecule has 2 unspecified atom stereocenters. The molecule has 18 heavy (non-hydrogen) atoms. The Bertz CT molecular complexity index is 369. The number of carboxylic acids is 2. The number of methoxy groups -OCH3 is 1. The first-order chi connectivity index (χ1) is 8.31. The fraction of sp³-hybridized carbons (Fsp3) is 0.700. The first kappa shape index (κ1) is 14.4. The van der Waals surface area contributed by atoms with Gasteiger partial charge in [0, 0.05) is 7.11 Å². The van der Waals surface area contributed by atoms with Crippen LogP contribution in [0.1, 0.15) is 6.92 Å². The maximum absolute atomic E-state index is 11.4. The predicted octanol–water partition coefficient (Wildman–Crippen LogP) is -1.32. The summed E-state index contributed by atoms with van der Waals surface area (Å²) in [5.74, 6) is -6.02. The monoisotopic (exact) mass is 261 g/mol. The smallest absolute Gasteiger partial charge is 0.335 e. The van der Waals surface area contributed by atoms with Gasteiger partial charge in [-0.05, 0) is 6.92 Å². The van der Waals surface area contributed by atoms with Crippen molar-refractivity contribution in [3.63, 3.8) is 0 Å². The molecular formula is C10H15NO7. The van der Waals surface area contributed by atoms with E-state index in [0.29, 0.717) is 0 Å². The summed E-state index contributed by atoms with van der Waals surface area (Å²) in [6.45, 7) is 1.39. The molecule has 0 aromatic rings. The van der Waals surface area contributed by atoms with Crippen LogP contribution in [0.3, 0.4) is 0 Å². The second-order valence-electron chi connectivity index (χ2n) is 4.09. The Morgan fingerprint density at radius 2 is 1.72 bits per heavy atom. The molecular weight excluding hydrogens is 246 g/mol. The van der Waals surface area contributed by atoms with Crippen LogP contribution >= 0.6 is 0 Å². The van der Waals surface area contributed by atoms with E-state index in [0.717, 1.165) is 0 Å². The Morgan fingerprint density at radius 1 is 1.17 bits per heavy atom. The number of hydrogen-bond acceptors (Lipinski definition) is 5. The van der Waals surface area contributed by atoms with Crippen molar-refractivity contribution in [1.82, 2.24) is 0 Å². The van der Waals surface area contributed by atoms with Crippen molar-refractivity contribution in [3.05, 3.63) is 0 Å². The van der Waals surface area contributed by atoms with Crippen LogP contribution in [0, 0.1) is 11.8 Å². The van der Waals surface area contributed by atoms with Crippen LogP contribution in [-0.2, 0) is 23.9 Å². The summed E-state index contributed by atoms with van der Waals surface area (Å²) in [7, 11) is 1.18. The van der Waals surface area contributed by atoms with Gasteiger partial charge in [-0.2, -0.15) is 0 Å². The summed E-state index contributed by atoms with van der Waals surface area (Å²) in [6.07, 6.45) is -3.59. The SMILES string of the molecule is CO[C@@H]1C(C(=O)O)O[C@@H](C)C(C(=O)O)[C@H]1C(N)=O. The van der Waals surface area contributed by atoms with Gasteiger partial charge >= 0.3 is 11.9 Å². The number of carboxylic acid groups (broad SMARTS) is 2. The van der Waals surface area contributed by atoms with Crippen molar-refractivity contribution in [2.45, 2.75) is 25.2 Å². The molecule has 1 rings (SSSR count). The van der Waals surface area contributed by atoms with Gasteiger partial charge in [-0.15, -0.1) is 0 Å². The van der Waals surface area contributed by atoms with E-state index in [1.165, 1.54) is 14.0 Å². The van der Waals surface area contributed by atoms with E-state index in [9.17, 15) is 14.4 Å². The Morgan fingerprint density at radius 3 is 2.06 bits per heavy atom. The molecule has 0 aliphatic carbocycles. The van der Waals surface area contributed by atoms with E-state index < -0.39 is 48.0 Å². The van der Waals surface area contributed by atoms with Gasteiger partial charge in [-0.25, -0.2) is 4.79 Å². The molecule has 102 valence electrons. The lowest BCUT2D eigenvalue weighted by Crippen LogP contribution is -2.59. The van der Waals surface area contributed by atoms with E-state index in [1.54, 1.807) is 0 Å². The van der Waals surface area contributed by atoms with Crippen LogP contribution in [0.2, 0.25) is 0 Å². The summed E-state index contributed by atoms with van der Waals surface area (Å²) in [5.41, 5.74) is 5.16. The van der Waals surface area contributed by atoms with Crippen molar-refractivity contribution in [1.29, 1.82) is 0 Å². The molecule has 1 fully saturated rings. The highest BCUT2D eigenvalue weighted by molar-refractivity contribution is 5.86. The van der Waals surface area contributed by atoms with E-state index in [4.69, 9.17) is 25.4 Å². The number of rotatable bonds is 4. The van der Waals surface area contributed by atoms with E-state index in [-0.39, 0.29) is 0 Å². The topological polar surface area (TPSA) is 136 Å². The van der Waals surface area contributed by atoms with Gasteiger partial charge < -0.3 is 25.4 Å². The summed E-state index contributed by atoms with van der Waals surface area (Å²) in [5, 5.41) is 18.1. The molecule has 5 atom stereocenters. The molecule has 0 saturated carbocycles. The number of aliphatic carboxylic acids is 2. The molecule has 1 amide bonds.